The largest absolute Gasteiger partial charge is 0.395 e. The molecule has 0 aliphatic heterocycles. The van der Waals surface area contributed by atoms with E-state index in [1.165, 1.54) is 0 Å². The zero-order chi connectivity index (χ0) is 7.82. The standard InChI is InChI=1S/C7H16N2O/c1-3-4-7(2)9-10-6-5-8/h3-6,8H2,1-2H3/b9-7+. The SMILES string of the molecule is CCC/C(C)=N/OCCN. The summed E-state index contributed by atoms with van der Waals surface area (Å²) in [6.45, 7) is 5.12. The van der Waals surface area contributed by atoms with E-state index < -0.39 is 0 Å². The average molecular weight is 144 g/mol. The maximum Gasteiger partial charge on any atom is 0.129 e. The molecule has 0 saturated carbocycles. The van der Waals surface area contributed by atoms with Crippen LogP contribution in [0.25, 0.3) is 0 Å². The lowest BCUT2D eigenvalue weighted by Crippen LogP contribution is -2.06. The maximum atomic E-state index is 5.19. The molecule has 3 nitrogen and oxygen atoms in total. The van der Waals surface area contributed by atoms with Gasteiger partial charge in [0.2, 0.25) is 0 Å². The van der Waals surface area contributed by atoms with Gasteiger partial charge >= 0.3 is 0 Å². The Labute approximate surface area is 62.2 Å². The number of oxime groups is 1. The van der Waals surface area contributed by atoms with Crippen LogP contribution in [0.15, 0.2) is 5.16 Å². The van der Waals surface area contributed by atoms with Crippen LogP contribution in [0.4, 0.5) is 0 Å². The first-order chi connectivity index (χ1) is 4.81. The maximum absolute atomic E-state index is 5.19. The summed E-state index contributed by atoms with van der Waals surface area (Å²) in [6, 6.07) is 0. The van der Waals surface area contributed by atoms with E-state index in [0.29, 0.717) is 13.2 Å². The summed E-state index contributed by atoms with van der Waals surface area (Å²) in [5, 5.41) is 3.84. The van der Waals surface area contributed by atoms with Crippen LogP contribution in [-0.2, 0) is 4.84 Å². The minimum atomic E-state index is 0.515. The first-order valence-corrected chi connectivity index (χ1v) is 3.66. The van der Waals surface area contributed by atoms with Crippen LogP contribution in [0.5, 0.6) is 0 Å². The minimum Gasteiger partial charge on any atom is -0.395 e. The normalized spacial score (nSPS) is 11.7. The van der Waals surface area contributed by atoms with Gasteiger partial charge in [0.15, 0.2) is 0 Å². The van der Waals surface area contributed by atoms with Crippen molar-refractivity contribution in [1.29, 1.82) is 0 Å². The lowest BCUT2D eigenvalue weighted by atomic mass is 10.2. The van der Waals surface area contributed by atoms with E-state index in [1.807, 2.05) is 6.92 Å². The summed E-state index contributed by atoms with van der Waals surface area (Å²) < 4.78 is 0. The number of nitrogens with zero attached hydrogens (tertiary/aromatic N) is 1. The van der Waals surface area contributed by atoms with Crippen LogP contribution in [0.1, 0.15) is 26.7 Å². The Bertz CT molecular complexity index is 102. The van der Waals surface area contributed by atoms with E-state index in [0.717, 1.165) is 18.6 Å². The molecule has 0 bridgehead atoms. The van der Waals surface area contributed by atoms with Crippen LogP contribution in [-0.4, -0.2) is 18.9 Å². The average Bonchev–Trinajstić information content (AvgIpc) is 1.89. The molecule has 0 spiro atoms. The van der Waals surface area contributed by atoms with E-state index in [2.05, 4.69) is 12.1 Å². The molecule has 0 aliphatic rings. The Kier molecular flexibility index (Phi) is 6.18. The predicted molar refractivity (Wildman–Crippen MR) is 43.0 cm³/mol. The predicted octanol–water partition coefficient (Wildman–Crippen LogP) is 1.14. The summed E-state index contributed by atoms with van der Waals surface area (Å²) in [5.74, 6) is 0. The highest BCUT2D eigenvalue weighted by molar-refractivity contribution is 5.81. The summed E-state index contributed by atoms with van der Waals surface area (Å²) >= 11 is 0. The van der Waals surface area contributed by atoms with Crippen molar-refractivity contribution in [2.24, 2.45) is 10.9 Å². The second-order valence-corrected chi connectivity index (χ2v) is 2.20. The van der Waals surface area contributed by atoms with Gasteiger partial charge in [0, 0.05) is 6.54 Å². The van der Waals surface area contributed by atoms with Gasteiger partial charge in [-0.3, -0.25) is 0 Å². The second-order valence-electron chi connectivity index (χ2n) is 2.20. The zero-order valence-electron chi connectivity index (χ0n) is 6.76. The Morgan fingerprint density at radius 3 is 2.80 bits per heavy atom. The minimum absolute atomic E-state index is 0.515. The van der Waals surface area contributed by atoms with Crippen LogP contribution in [0.2, 0.25) is 0 Å². The summed E-state index contributed by atoms with van der Waals surface area (Å²) in [4.78, 5) is 4.86. The van der Waals surface area contributed by atoms with Crippen LogP contribution in [0.3, 0.4) is 0 Å². The van der Waals surface area contributed by atoms with Gasteiger partial charge < -0.3 is 10.6 Å². The highest BCUT2D eigenvalue weighted by atomic mass is 16.6. The van der Waals surface area contributed by atoms with E-state index in [9.17, 15) is 0 Å². The molecule has 0 aromatic rings. The molecule has 10 heavy (non-hydrogen) atoms. The van der Waals surface area contributed by atoms with Gasteiger partial charge in [0.25, 0.3) is 0 Å². The fourth-order valence-corrected chi connectivity index (χ4v) is 0.616. The quantitative estimate of drug-likeness (QED) is 0.357. The fraction of sp³-hybridized carbons (Fsp3) is 0.857. The molecule has 2 N–H and O–H groups in total. The van der Waals surface area contributed by atoms with Gasteiger partial charge in [-0.15, -0.1) is 0 Å². The molecule has 0 rings (SSSR count). The molecule has 60 valence electrons. The third-order valence-corrected chi connectivity index (χ3v) is 1.04. The molecule has 0 saturated heterocycles. The molecular weight excluding hydrogens is 128 g/mol. The van der Waals surface area contributed by atoms with E-state index >= 15 is 0 Å². The second kappa shape index (κ2) is 6.55. The van der Waals surface area contributed by atoms with Crippen molar-refractivity contribution in [2.75, 3.05) is 13.2 Å². The first-order valence-electron chi connectivity index (χ1n) is 3.66. The summed E-state index contributed by atoms with van der Waals surface area (Å²) in [5.41, 5.74) is 6.23. The number of rotatable bonds is 5. The van der Waals surface area contributed by atoms with Crippen molar-refractivity contribution in [3.63, 3.8) is 0 Å². The van der Waals surface area contributed by atoms with E-state index in [-0.39, 0.29) is 0 Å². The van der Waals surface area contributed by atoms with Crippen LogP contribution >= 0.6 is 0 Å². The van der Waals surface area contributed by atoms with Gasteiger partial charge in [-0.1, -0.05) is 18.5 Å². The number of nitrogens with two attached hydrogens (primary N) is 1. The van der Waals surface area contributed by atoms with Gasteiger partial charge in [-0.2, -0.15) is 0 Å². The van der Waals surface area contributed by atoms with Crippen molar-refractivity contribution >= 4 is 5.71 Å². The molecule has 0 aromatic carbocycles. The first kappa shape index (κ1) is 9.43. The molecule has 0 amide bonds. The van der Waals surface area contributed by atoms with Crippen molar-refractivity contribution in [3.8, 4) is 0 Å². The third-order valence-electron chi connectivity index (χ3n) is 1.04. The molecule has 0 aliphatic carbocycles. The molecular formula is C7H16N2O. The Balaban J connectivity index is 3.28. The Hall–Kier alpha value is -0.570. The molecule has 3 heteroatoms. The molecule has 0 radical (unpaired) electrons. The Morgan fingerprint density at radius 1 is 1.60 bits per heavy atom. The van der Waals surface area contributed by atoms with Gasteiger partial charge in [0.1, 0.15) is 6.61 Å². The smallest absolute Gasteiger partial charge is 0.129 e. The monoisotopic (exact) mass is 144 g/mol. The van der Waals surface area contributed by atoms with Gasteiger partial charge in [0.05, 0.1) is 5.71 Å². The fourth-order valence-electron chi connectivity index (χ4n) is 0.616. The van der Waals surface area contributed by atoms with Crippen LogP contribution < -0.4 is 5.73 Å². The van der Waals surface area contributed by atoms with Crippen LogP contribution in [0, 0.1) is 0 Å². The number of hydrogen-bond acceptors (Lipinski definition) is 3. The van der Waals surface area contributed by atoms with Gasteiger partial charge in [-0.05, 0) is 13.3 Å². The molecule has 0 heterocycles. The molecule has 0 unspecified atom stereocenters. The van der Waals surface area contributed by atoms with E-state index in [1.54, 1.807) is 0 Å². The van der Waals surface area contributed by atoms with Gasteiger partial charge in [-0.25, -0.2) is 0 Å². The number of hydrogen-bond donors (Lipinski definition) is 1. The Morgan fingerprint density at radius 2 is 2.30 bits per heavy atom. The van der Waals surface area contributed by atoms with Crippen molar-refractivity contribution in [1.82, 2.24) is 0 Å². The van der Waals surface area contributed by atoms with E-state index in [4.69, 9.17) is 10.6 Å². The molecule has 0 fully saturated rings. The van der Waals surface area contributed by atoms with Crippen molar-refractivity contribution in [2.45, 2.75) is 26.7 Å². The summed E-state index contributed by atoms with van der Waals surface area (Å²) in [6.07, 6.45) is 2.12. The third kappa shape index (κ3) is 5.56. The lowest BCUT2D eigenvalue weighted by molar-refractivity contribution is 0.151. The highest BCUT2D eigenvalue weighted by Crippen LogP contribution is 1.91. The summed E-state index contributed by atoms with van der Waals surface area (Å²) in [7, 11) is 0. The molecule has 0 aromatic heterocycles. The zero-order valence-corrected chi connectivity index (χ0v) is 6.76. The lowest BCUT2D eigenvalue weighted by Gasteiger charge is -1.97. The van der Waals surface area contributed by atoms with Crippen molar-refractivity contribution in [3.05, 3.63) is 0 Å². The molecule has 0 atom stereocenters. The van der Waals surface area contributed by atoms with Crippen molar-refractivity contribution < 1.29 is 4.84 Å². The topological polar surface area (TPSA) is 47.6 Å². The highest BCUT2D eigenvalue weighted by Gasteiger charge is 1.87.